The molecule has 5 rings (SSSR count). The lowest BCUT2D eigenvalue weighted by molar-refractivity contribution is -0.162. The molecule has 1 heterocycles. The number of aromatic hydroxyl groups is 1. The van der Waals surface area contributed by atoms with Crippen molar-refractivity contribution in [2.75, 3.05) is 46.9 Å². The summed E-state index contributed by atoms with van der Waals surface area (Å²) in [5.41, 5.74) is 1.52. The van der Waals surface area contributed by atoms with Gasteiger partial charge in [0.15, 0.2) is 11.4 Å². The molecular formula is C32H43N3O9. The number of fused-ring (bicyclic) bond motifs is 3. The van der Waals surface area contributed by atoms with Crippen LogP contribution in [0.25, 0.3) is 0 Å². The Bertz CT molecular complexity index is 1460. The molecule has 0 radical (unpaired) electrons. The molecule has 12 heteroatoms. The summed E-state index contributed by atoms with van der Waals surface area (Å²) in [5.74, 6) is -8.85. The largest absolute Gasteiger partial charge is 0.510 e. The van der Waals surface area contributed by atoms with Gasteiger partial charge in [-0.05, 0) is 50.4 Å². The molecule has 6 atom stereocenters. The number of rotatable bonds is 7. The molecular weight excluding hydrogens is 570 g/mol. The summed E-state index contributed by atoms with van der Waals surface area (Å²) in [7, 11) is 3.01. The molecule has 1 saturated heterocycles. The first-order chi connectivity index (χ1) is 20.6. The van der Waals surface area contributed by atoms with Crippen LogP contribution in [0, 0.1) is 11.8 Å². The van der Waals surface area contributed by atoms with Gasteiger partial charge in [0.25, 0.3) is 5.91 Å². The first-order valence-electron chi connectivity index (χ1n) is 15.1. The van der Waals surface area contributed by atoms with Crippen LogP contribution in [0.5, 0.6) is 5.75 Å². The number of aliphatic hydroxyl groups is 4. The van der Waals surface area contributed by atoms with Crippen LogP contribution < -0.4 is 5.73 Å². The Morgan fingerprint density at radius 3 is 2.39 bits per heavy atom. The van der Waals surface area contributed by atoms with E-state index in [0.29, 0.717) is 30.8 Å². The molecule has 1 aromatic carbocycles. The summed E-state index contributed by atoms with van der Waals surface area (Å²) in [4.78, 5) is 43.7. The van der Waals surface area contributed by atoms with Crippen molar-refractivity contribution in [3.8, 4) is 5.75 Å². The van der Waals surface area contributed by atoms with E-state index in [4.69, 9.17) is 10.5 Å². The quantitative estimate of drug-likeness (QED) is 0.241. The molecule has 1 aliphatic heterocycles. The van der Waals surface area contributed by atoms with Gasteiger partial charge in [-0.15, -0.1) is 0 Å². The average molecular weight is 614 g/mol. The molecule has 0 saturated carbocycles. The van der Waals surface area contributed by atoms with Crippen LogP contribution in [-0.4, -0.2) is 117 Å². The number of Topliss-reactive ketones (excluding diaryl/α,β-unsaturated/α-hetero) is 2. The van der Waals surface area contributed by atoms with Gasteiger partial charge in [0.1, 0.15) is 22.8 Å². The molecule has 6 unspecified atom stereocenters. The number of phenols is 1. The SMILES string of the molecule is CC1c2ccc(C(C)(C)CCCN3CCOCC3)c(O)c2C(=O)C2=C(O)C3(O)C(=O)C(C(N)=O)=C(O)C(N(C)C)C3C(O)C21. The molecule has 3 aliphatic carbocycles. The van der Waals surface area contributed by atoms with Gasteiger partial charge in [-0.25, -0.2) is 0 Å². The van der Waals surface area contributed by atoms with E-state index in [1.807, 2.05) is 13.8 Å². The summed E-state index contributed by atoms with van der Waals surface area (Å²) in [6, 6.07) is 2.24. The van der Waals surface area contributed by atoms with Gasteiger partial charge < -0.3 is 36.0 Å². The molecule has 0 bridgehead atoms. The normalized spacial score (nSPS) is 31.2. The van der Waals surface area contributed by atoms with E-state index in [1.165, 1.54) is 19.0 Å². The summed E-state index contributed by atoms with van der Waals surface area (Å²) in [6.07, 6.45) is -0.0619. The molecule has 7 N–H and O–H groups in total. The van der Waals surface area contributed by atoms with Crippen LogP contribution in [-0.2, 0) is 19.7 Å². The number of amides is 1. The van der Waals surface area contributed by atoms with Crippen LogP contribution in [0.4, 0.5) is 0 Å². The van der Waals surface area contributed by atoms with Crippen molar-refractivity contribution in [1.29, 1.82) is 0 Å². The average Bonchev–Trinajstić information content (AvgIpc) is 2.95. The second-order valence-electron chi connectivity index (χ2n) is 13.4. The molecule has 1 aromatic rings. The third kappa shape index (κ3) is 4.66. The minimum Gasteiger partial charge on any atom is -0.510 e. The van der Waals surface area contributed by atoms with Crippen molar-refractivity contribution >= 4 is 17.5 Å². The van der Waals surface area contributed by atoms with Gasteiger partial charge in [0, 0.05) is 30.1 Å². The maximum Gasteiger partial charge on any atom is 0.255 e. The van der Waals surface area contributed by atoms with Gasteiger partial charge in [-0.2, -0.15) is 0 Å². The van der Waals surface area contributed by atoms with Crippen molar-refractivity contribution in [2.45, 2.75) is 62.7 Å². The number of morpholine rings is 1. The zero-order valence-electron chi connectivity index (χ0n) is 25.8. The Morgan fingerprint density at radius 1 is 1.16 bits per heavy atom. The van der Waals surface area contributed by atoms with Gasteiger partial charge in [0.2, 0.25) is 5.78 Å². The number of nitrogens with two attached hydrogens (primary N) is 1. The van der Waals surface area contributed by atoms with Crippen LogP contribution in [0.2, 0.25) is 0 Å². The Hall–Kier alpha value is -3.29. The van der Waals surface area contributed by atoms with Crippen LogP contribution >= 0.6 is 0 Å². The minimum absolute atomic E-state index is 0.0655. The van der Waals surface area contributed by atoms with E-state index in [2.05, 4.69) is 4.90 Å². The predicted octanol–water partition coefficient (Wildman–Crippen LogP) is 1.04. The van der Waals surface area contributed by atoms with Crippen molar-refractivity contribution in [3.05, 3.63) is 51.5 Å². The number of phenolic OH excluding ortho intramolecular Hbond substituents is 1. The molecule has 240 valence electrons. The van der Waals surface area contributed by atoms with Gasteiger partial charge in [-0.3, -0.25) is 24.2 Å². The van der Waals surface area contributed by atoms with Crippen LogP contribution in [0.1, 0.15) is 61.0 Å². The first kappa shape index (κ1) is 32.1. The first-order valence-corrected chi connectivity index (χ1v) is 15.1. The van der Waals surface area contributed by atoms with E-state index < -0.39 is 81.1 Å². The highest BCUT2D eigenvalue weighted by atomic mass is 16.5. The van der Waals surface area contributed by atoms with Gasteiger partial charge in [0.05, 0.1) is 36.8 Å². The van der Waals surface area contributed by atoms with E-state index in [-0.39, 0.29) is 11.3 Å². The van der Waals surface area contributed by atoms with Crippen molar-refractivity contribution < 1.29 is 44.7 Å². The van der Waals surface area contributed by atoms with Crippen LogP contribution in [0.3, 0.4) is 0 Å². The fourth-order valence-electron chi connectivity index (χ4n) is 7.87. The predicted molar refractivity (Wildman–Crippen MR) is 159 cm³/mol. The third-order valence-corrected chi connectivity index (χ3v) is 10.2. The lowest BCUT2D eigenvalue weighted by Crippen LogP contribution is -2.68. The van der Waals surface area contributed by atoms with Gasteiger partial charge >= 0.3 is 0 Å². The van der Waals surface area contributed by atoms with Gasteiger partial charge in [-0.1, -0.05) is 32.9 Å². The number of ketones is 2. The van der Waals surface area contributed by atoms with Crippen molar-refractivity contribution in [2.24, 2.45) is 17.6 Å². The smallest absolute Gasteiger partial charge is 0.255 e. The maximum atomic E-state index is 14.2. The number of benzene rings is 1. The highest BCUT2D eigenvalue weighted by molar-refractivity contribution is 6.25. The summed E-state index contributed by atoms with van der Waals surface area (Å²) < 4.78 is 5.42. The molecule has 0 spiro atoms. The Labute approximate surface area is 256 Å². The number of ether oxygens (including phenoxy) is 1. The Balaban J connectivity index is 1.58. The van der Waals surface area contributed by atoms with Crippen molar-refractivity contribution in [3.63, 3.8) is 0 Å². The summed E-state index contributed by atoms with van der Waals surface area (Å²) in [5, 5.41) is 57.8. The number of nitrogens with zero attached hydrogens (tertiary/aromatic N) is 2. The molecule has 1 amide bonds. The zero-order valence-corrected chi connectivity index (χ0v) is 25.8. The lowest BCUT2D eigenvalue weighted by atomic mass is 9.55. The standard InChI is InChI=1S/C32H43N3O9/c1-15-16-7-8-17(31(2,3)9-6-10-35-11-13-44-14-12-35)24(36)19(16)25(37)20-18(15)26(38)22-23(34(4)5)27(39)21(30(33)42)29(41)32(22,43)28(20)40/h7-8,15,18,22-23,26,36,38-40,43H,6,9-14H2,1-5H3,(H2,33,42). The number of primary amides is 1. The molecule has 12 nitrogen and oxygen atoms in total. The summed E-state index contributed by atoms with van der Waals surface area (Å²) >= 11 is 0. The minimum atomic E-state index is -2.93. The Morgan fingerprint density at radius 2 is 1.80 bits per heavy atom. The highest BCUT2D eigenvalue weighted by Gasteiger charge is 2.67. The van der Waals surface area contributed by atoms with E-state index in [1.54, 1.807) is 19.1 Å². The number of carbonyl (C=O) groups is 3. The van der Waals surface area contributed by atoms with Crippen molar-refractivity contribution in [1.82, 2.24) is 9.80 Å². The third-order valence-electron chi connectivity index (χ3n) is 10.2. The molecule has 1 fully saturated rings. The lowest BCUT2D eigenvalue weighted by Gasteiger charge is -2.53. The number of aliphatic hydroxyl groups excluding tert-OH is 3. The van der Waals surface area contributed by atoms with E-state index in [0.717, 1.165) is 26.1 Å². The topological polar surface area (TPSA) is 194 Å². The Kier molecular flexibility index (Phi) is 8.21. The number of hydrogen-bond acceptors (Lipinski definition) is 11. The maximum absolute atomic E-state index is 14.2. The second kappa shape index (κ2) is 11.3. The van der Waals surface area contributed by atoms with Crippen LogP contribution in [0.15, 0.2) is 34.8 Å². The fourth-order valence-corrected chi connectivity index (χ4v) is 7.87. The van der Waals surface area contributed by atoms with E-state index >= 15 is 0 Å². The second-order valence-corrected chi connectivity index (χ2v) is 13.4. The zero-order chi connectivity index (χ0) is 32.5. The highest BCUT2D eigenvalue weighted by Crippen LogP contribution is 2.56. The number of hydrogen-bond donors (Lipinski definition) is 6. The number of carbonyl (C=O) groups excluding carboxylic acids is 3. The summed E-state index contributed by atoms with van der Waals surface area (Å²) in [6.45, 7) is 9.69. The molecule has 44 heavy (non-hydrogen) atoms. The monoisotopic (exact) mass is 613 g/mol. The molecule has 4 aliphatic rings. The number of likely N-dealkylation sites (N-methyl/N-ethyl adjacent to an activating group) is 1. The molecule has 0 aromatic heterocycles. The van der Waals surface area contributed by atoms with E-state index in [9.17, 15) is 39.9 Å². The fraction of sp³-hybridized carbons (Fsp3) is 0.594.